The summed E-state index contributed by atoms with van der Waals surface area (Å²) in [6.45, 7) is 0.882. The number of hydrogen-bond donors (Lipinski definition) is 0. The van der Waals surface area contributed by atoms with E-state index in [2.05, 4.69) is 4.90 Å². The number of nitrogens with zero attached hydrogens (tertiary/aromatic N) is 3. The van der Waals surface area contributed by atoms with Crippen LogP contribution < -0.4 is 4.90 Å². The second-order valence-electron chi connectivity index (χ2n) is 8.67. The van der Waals surface area contributed by atoms with Crippen molar-refractivity contribution in [2.24, 2.45) is 0 Å². The maximum Gasteiger partial charge on any atom is 0.471 e. The summed E-state index contributed by atoms with van der Waals surface area (Å²) in [4.78, 5) is 41.4. The number of benzene rings is 2. The van der Waals surface area contributed by atoms with Gasteiger partial charge in [-0.1, -0.05) is 18.2 Å². The fraction of sp³-hybridized carbons (Fsp3) is 0.375. The van der Waals surface area contributed by atoms with E-state index < -0.39 is 12.1 Å². The van der Waals surface area contributed by atoms with Crippen molar-refractivity contribution in [3.63, 3.8) is 0 Å². The molecule has 1 fully saturated rings. The molecule has 172 valence electrons. The predicted molar refractivity (Wildman–Crippen MR) is 114 cm³/mol. The zero-order valence-corrected chi connectivity index (χ0v) is 17.8. The largest absolute Gasteiger partial charge is 0.471 e. The molecule has 9 heteroatoms. The SMILES string of the molecule is O=C1c2ccccc2C(=O)N1c1ccc2c(c1)CC(N1CCN(C(=O)C(F)(F)F)CC1)CC2. The minimum Gasteiger partial charge on any atom is -0.332 e. The summed E-state index contributed by atoms with van der Waals surface area (Å²) < 4.78 is 38.1. The van der Waals surface area contributed by atoms with Gasteiger partial charge in [0.2, 0.25) is 0 Å². The highest BCUT2D eigenvalue weighted by molar-refractivity contribution is 6.34. The number of alkyl halides is 3. The number of halogens is 3. The first-order valence-electron chi connectivity index (χ1n) is 10.9. The molecule has 1 unspecified atom stereocenters. The van der Waals surface area contributed by atoms with E-state index in [1.165, 1.54) is 4.90 Å². The van der Waals surface area contributed by atoms with E-state index in [4.69, 9.17) is 0 Å². The Morgan fingerprint density at radius 1 is 0.879 bits per heavy atom. The van der Waals surface area contributed by atoms with Crippen LogP contribution >= 0.6 is 0 Å². The normalized spacial score (nSPS) is 21.2. The highest BCUT2D eigenvalue weighted by atomic mass is 19.4. The quantitative estimate of drug-likeness (QED) is 0.651. The van der Waals surface area contributed by atoms with Gasteiger partial charge in [-0.3, -0.25) is 19.3 Å². The third-order valence-electron chi connectivity index (χ3n) is 6.80. The predicted octanol–water partition coefficient (Wildman–Crippen LogP) is 3.05. The molecule has 2 heterocycles. The Bertz CT molecular complexity index is 1100. The summed E-state index contributed by atoms with van der Waals surface area (Å²) in [5.74, 6) is -2.46. The van der Waals surface area contributed by atoms with Gasteiger partial charge in [0, 0.05) is 32.2 Å². The average molecular weight is 457 g/mol. The Morgan fingerprint density at radius 3 is 2.12 bits per heavy atom. The van der Waals surface area contributed by atoms with Crippen LogP contribution in [0.4, 0.5) is 18.9 Å². The first kappa shape index (κ1) is 21.6. The van der Waals surface area contributed by atoms with Crippen molar-refractivity contribution in [3.05, 3.63) is 64.7 Å². The van der Waals surface area contributed by atoms with Crippen molar-refractivity contribution in [1.29, 1.82) is 0 Å². The number of rotatable bonds is 2. The van der Waals surface area contributed by atoms with E-state index in [9.17, 15) is 27.6 Å². The third-order valence-corrected chi connectivity index (χ3v) is 6.80. The van der Waals surface area contributed by atoms with E-state index in [0.29, 0.717) is 36.3 Å². The van der Waals surface area contributed by atoms with Crippen LogP contribution in [0.25, 0.3) is 0 Å². The molecule has 0 bridgehead atoms. The van der Waals surface area contributed by atoms with E-state index in [1.807, 2.05) is 12.1 Å². The maximum atomic E-state index is 12.8. The Hall–Kier alpha value is -3.20. The van der Waals surface area contributed by atoms with Crippen LogP contribution in [0.3, 0.4) is 0 Å². The summed E-state index contributed by atoms with van der Waals surface area (Å²) in [6.07, 6.45) is -2.48. The number of hydrogen-bond acceptors (Lipinski definition) is 4. The molecule has 2 aromatic carbocycles. The van der Waals surface area contributed by atoms with Gasteiger partial charge in [0.1, 0.15) is 0 Å². The third kappa shape index (κ3) is 3.80. The van der Waals surface area contributed by atoms with E-state index >= 15 is 0 Å². The zero-order valence-electron chi connectivity index (χ0n) is 17.8. The molecule has 2 aliphatic heterocycles. The summed E-state index contributed by atoms with van der Waals surface area (Å²) in [6, 6.07) is 12.5. The molecule has 0 saturated carbocycles. The zero-order chi connectivity index (χ0) is 23.3. The van der Waals surface area contributed by atoms with Gasteiger partial charge in [0.15, 0.2) is 0 Å². The van der Waals surface area contributed by atoms with Crippen molar-refractivity contribution in [2.75, 3.05) is 31.1 Å². The average Bonchev–Trinajstić information content (AvgIpc) is 3.07. The lowest BCUT2D eigenvalue weighted by atomic mass is 9.86. The molecule has 0 aromatic heterocycles. The Labute approximate surface area is 188 Å². The molecule has 0 radical (unpaired) electrons. The molecule has 0 spiro atoms. The Morgan fingerprint density at radius 2 is 1.52 bits per heavy atom. The smallest absolute Gasteiger partial charge is 0.332 e. The molecule has 6 nitrogen and oxygen atoms in total. The minimum absolute atomic E-state index is 0.0524. The highest BCUT2D eigenvalue weighted by Crippen LogP contribution is 2.33. The number of carbonyl (C=O) groups excluding carboxylic acids is 3. The summed E-state index contributed by atoms with van der Waals surface area (Å²) in [5.41, 5.74) is 3.50. The molecule has 5 rings (SSSR count). The van der Waals surface area contributed by atoms with E-state index in [1.54, 1.807) is 30.3 Å². The van der Waals surface area contributed by atoms with Crippen LogP contribution in [-0.2, 0) is 17.6 Å². The fourth-order valence-corrected chi connectivity index (χ4v) is 5.07. The molecule has 0 N–H and O–H groups in total. The van der Waals surface area contributed by atoms with Gasteiger partial charge in [-0.2, -0.15) is 13.2 Å². The molecule has 3 amide bonds. The van der Waals surface area contributed by atoms with Gasteiger partial charge in [0.05, 0.1) is 16.8 Å². The van der Waals surface area contributed by atoms with E-state index in [0.717, 1.165) is 28.9 Å². The lowest BCUT2D eigenvalue weighted by Gasteiger charge is -2.41. The van der Waals surface area contributed by atoms with Crippen molar-refractivity contribution >= 4 is 23.4 Å². The van der Waals surface area contributed by atoms with Crippen molar-refractivity contribution in [3.8, 4) is 0 Å². The standard InChI is InChI=1S/C24H22F3N3O3/c25-24(26,27)23(33)29-11-9-28(10-12-29)17-7-5-15-6-8-18(14-16(15)13-17)30-21(31)19-3-1-2-4-20(19)22(30)32/h1-4,6,8,14,17H,5,7,9-13H2. The molecule has 1 aliphatic carbocycles. The molecule has 33 heavy (non-hydrogen) atoms. The Balaban J connectivity index is 1.30. The number of fused-ring (bicyclic) bond motifs is 2. The number of amides is 3. The van der Waals surface area contributed by atoms with Crippen LogP contribution in [0, 0.1) is 0 Å². The number of imide groups is 1. The molecular weight excluding hydrogens is 435 g/mol. The van der Waals surface area contributed by atoms with Gasteiger partial charge >= 0.3 is 12.1 Å². The van der Waals surface area contributed by atoms with Gasteiger partial charge in [-0.05, 0) is 54.7 Å². The second kappa shape index (κ2) is 7.98. The summed E-state index contributed by atoms with van der Waals surface area (Å²) >= 11 is 0. The molecular formula is C24H22F3N3O3. The van der Waals surface area contributed by atoms with Crippen LogP contribution in [0.15, 0.2) is 42.5 Å². The van der Waals surface area contributed by atoms with Crippen LogP contribution in [0.5, 0.6) is 0 Å². The van der Waals surface area contributed by atoms with Gasteiger partial charge in [-0.15, -0.1) is 0 Å². The van der Waals surface area contributed by atoms with Crippen LogP contribution in [0.2, 0.25) is 0 Å². The van der Waals surface area contributed by atoms with Gasteiger partial charge < -0.3 is 4.90 Å². The maximum absolute atomic E-state index is 12.8. The molecule has 2 aromatic rings. The van der Waals surface area contributed by atoms with Crippen molar-refractivity contribution < 1.29 is 27.6 Å². The summed E-state index contributed by atoms with van der Waals surface area (Å²) in [7, 11) is 0. The van der Waals surface area contributed by atoms with Crippen LogP contribution in [0.1, 0.15) is 38.3 Å². The van der Waals surface area contributed by atoms with Crippen molar-refractivity contribution in [2.45, 2.75) is 31.5 Å². The van der Waals surface area contributed by atoms with Crippen LogP contribution in [-0.4, -0.2) is 65.9 Å². The van der Waals surface area contributed by atoms with Crippen molar-refractivity contribution in [1.82, 2.24) is 9.80 Å². The molecule has 1 saturated heterocycles. The Kier molecular flexibility index (Phi) is 5.23. The highest BCUT2D eigenvalue weighted by Gasteiger charge is 2.43. The number of carbonyl (C=O) groups is 3. The number of aryl methyl sites for hydroxylation is 1. The fourth-order valence-electron chi connectivity index (χ4n) is 5.07. The van der Waals surface area contributed by atoms with Gasteiger partial charge in [0.25, 0.3) is 11.8 Å². The first-order chi connectivity index (χ1) is 15.7. The topological polar surface area (TPSA) is 60.9 Å². The second-order valence-corrected chi connectivity index (χ2v) is 8.67. The van der Waals surface area contributed by atoms with Gasteiger partial charge in [-0.25, -0.2) is 4.90 Å². The lowest BCUT2D eigenvalue weighted by Crippen LogP contribution is -2.55. The number of piperazine rings is 1. The minimum atomic E-state index is -4.84. The first-order valence-corrected chi connectivity index (χ1v) is 10.9. The van der Waals surface area contributed by atoms with E-state index in [-0.39, 0.29) is 30.9 Å². The summed E-state index contributed by atoms with van der Waals surface area (Å²) in [5, 5.41) is 0. The monoisotopic (exact) mass is 457 g/mol. The lowest BCUT2D eigenvalue weighted by molar-refractivity contribution is -0.187. The number of anilines is 1. The molecule has 3 aliphatic rings. The molecule has 1 atom stereocenters.